The van der Waals surface area contributed by atoms with Gasteiger partial charge in [-0.1, -0.05) is 17.3 Å². The predicted molar refractivity (Wildman–Crippen MR) is 93.8 cm³/mol. The molecule has 26 heavy (non-hydrogen) atoms. The van der Waals surface area contributed by atoms with E-state index in [1.165, 1.54) is 0 Å². The van der Waals surface area contributed by atoms with Gasteiger partial charge in [-0.05, 0) is 50.8 Å². The van der Waals surface area contributed by atoms with E-state index in [0.717, 1.165) is 35.4 Å². The second kappa shape index (κ2) is 8.17. The first kappa shape index (κ1) is 18.2. The minimum Gasteiger partial charge on any atom is -0.489 e. The van der Waals surface area contributed by atoms with Gasteiger partial charge in [0.2, 0.25) is 0 Å². The summed E-state index contributed by atoms with van der Waals surface area (Å²) in [5.74, 6) is 1.12. The van der Waals surface area contributed by atoms with E-state index >= 15 is 0 Å². The number of benzene rings is 1. The van der Waals surface area contributed by atoms with Crippen LogP contribution in [0.1, 0.15) is 48.3 Å². The quantitative estimate of drug-likeness (QED) is 0.737. The molecular formula is C20H23NO5. The highest BCUT2D eigenvalue weighted by Gasteiger charge is 2.25. The lowest BCUT2D eigenvalue weighted by molar-refractivity contribution is -0.156. The first-order valence-electron chi connectivity index (χ1n) is 8.88. The maximum atomic E-state index is 12.0. The molecule has 6 nitrogen and oxygen atoms in total. The molecule has 1 atom stereocenters. The Kier molecular flexibility index (Phi) is 5.71. The molecule has 0 N–H and O–H groups in total. The summed E-state index contributed by atoms with van der Waals surface area (Å²) in [6, 6.07) is 7.28. The van der Waals surface area contributed by atoms with E-state index in [1.807, 2.05) is 38.1 Å². The van der Waals surface area contributed by atoms with Gasteiger partial charge in [0.25, 0.3) is 0 Å². The van der Waals surface area contributed by atoms with Gasteiger partial charge in [0.15, 0.2) is 11.9 Å². The summed E-state index contributed by atoms with van der Waals surface area (Å²) in [6.07, 6.45) is 2.56. The van der Waals surface area contributed by atoms with Gasteiger partial charge in [-0.3, -0.25) is 9.59 Å². The lowest BCUT2D eigenvalue weighted by Crippen LogP contribution is -2.30. The first-order chi connectivity index (χ1) is 12.5. The molecule has 0 unspecified atom stereocenters. The zero-order valence-corrected chi connectivity index (χ0v) is 15.1. The maximum absolute atomic E-state index is 12.0. The number of aromatic nitrogens is 1. The Morgan fingerprint density at radius 1 is 1.23 bits per heavy atom. The molecular weight excluding hydrogens is 334 g/mol. The van der Waals surface area contributed by atoms with Crippen molar-refractivity contribution in [3.8, 4) is 5.75 Å². The topological polar surface area (TPSA) is 78.6 Å². The Morgan fingerprint density at radius 3 is 2.65 bits per heavy atom. The number of hydrogen-bond acceptors (Lipinski definition) is 6. The number of Topliss-reactive ketones (excluding diaryl/α,β-unsaturated/α-hetero) is 1. The molecule has 2 aromatic rings. The summed E-state index contributed by atoms with van der Waals surface area (Å²) < 4.78 is 16.2. The van der Waals surface area contributed by atoms with E-state index in [2.05, 4.69) is 5.16 Å². The monoisotopic (exact) mass is 357 g/mol. The SMILES string of the molecule is Cc1noc(C)c1COc1ccc(CC(=O)O[C@H]2CCCCC2=O)cc1. The molecule has 0 saturated heterocycles. The van der Waals surface area contributed by atoms with Gasteiger partial charge in [0, 0.05) is 6.42 Å². The fourth-order valence-electron chi connectivity index (χ4n) is 3.01. The number of carbonyl (C=O) groups excluding carboxylic acids is 2. The van der Waals surface area contributed by atoms with E-state index in [4.69, 9.17) is 14.0 Å². The van der Waals surface area contributed by atoms with Crippen LogP contribution in [0.3, 0.4) is 0 Å². The molecule has 1 fully saturated rings. The van der Waals surface area contributed by atoms with Crippen molar-refractivity contribution in [2.75, 3.05) is 0 Å². The van der Waals surface area contributed by atoms with Crippen molar-refractivity contribution in [1.29, 1.82) is 0 Å². The zero-order valence-electron chi connectivity index (χ0n) is 15.1. The summed E-state index contributed by atoms with van der Waals surface area (Å²) in [5.41, 5.74) is 2.58. The van der Waals surface area contributed by atoms with Gasteiger partial charge in [-0.25, -0.2) is 0 Å². The number of ether oxygens (including phenoxy) is 2. The Balaban J connectivity index is 1.51. The van der Waals surface area contributed by atoms with Crippen molar-refractivity contribution in [2.24, 2.45) is 0 Å². The van der Waals surface area contributed by atoms with Crippen molar-refractivity contribution in [3.05, 3.63) is 46.8 Å². The highest BCUT2D eigenvalue weighted by Crippen LogP contribution is 2.20. The Labute approximate surface area is 152 Å². The third kappa shape index (κ3) is 4.50. The third-order valence-electron chi connectivity index (χ3n) is 4.61. The van der Waals surface area contributed by atoms with E-state index in [9.17, 15) is 9.59 Å². The Bertz CT molecular complexity index is 758. The van der Waals surface area contributed by atoms with Gasteiger partial charge >= 0.3 is 5.97 Å². The van der Waals surface area contributed by atoms with Crippen LogP contribution in [0.15, 0.2) is 28.8 Å². The number of rotatable bonds is 6. The van der Waals surface area contributed by atoms with Crippen LogP contribution in [-0.4, -0.2) is 23.0 Å². The molecule has 6 heteroatoms. The van der Waals surface area contributed by atoms with Crippen LogP contribution in [0.2, 0.25) is 0 Å². The number of aryl methyl sites for hydroxylation is 2. The second-order valence-corrected chi connectivity index (χ2v) is 6.60. The smallest absolute Gasteiger partial charge is 0.310 e. The fourth-order valence-corrected chi connectivity index (χ4v) is 3.01. The largest absolute Gasteiger partial charge is 0.489 e. The lowest BCUT2D eigenvalue weighted by Gasteiger charge is -2.20. The molecule has 1 saturated carbocycles. The maximum Gasteiger partial charge on any atom is 0.310 e. The normalized spacial score (nSPS) is 17.2. The third-order valence-corrected chi connectivity index (χ3v) is 4.61. The molecule has 1 heterocycles. The molecule has 0 amide bonds. The number of esters is 1. The number of ketones is 1. The summed E-state index contributed by atoms with van der Waals surface area (Å²) in [5, 5.41) is 3.90. The fraction of sp³-hybridized carbons (Fsp3) is 0.450. The number of carbonyl (C=O) groups is 2. The predicted octanol–water partition coefficient (Wildman–Crippen LogP) is 3.47. The molecule has 0 spiro atoms. The van der Waals surface area contributed by atoms with Gasteiger partial charge in [-0.2, -0.15) is 0 Å². The van der Waals surface area contributed by atoms with Crippen molar-refractivity contribution >= 4 is 11.8 Å². The summed E-state index contributed by atoms with van der Waals surface area (Å²) >= 11 is 0. The molecule has 1 aromatic carbocycles. The molecule has 138 valence electrons. The Hall–Kier alpha value is -2.63. The Morgan fingerprint density at radius 2 is 2.00 bits per heavy atom. The van der Waals surface area contributed by atoms with Crippen molar-refractivity contribution in [3.63, 3.8) is 0 Å². The minimum atomic E-state index is -0.561. The summed E-state index contributed by atoms with van der Waals surface area (Å²) in [4.78, 5) is 23.8. The van der Waals surface area contributed by atoms with E-state index < -0.39 is 6.10 Å². The van der Waals surface area contributed by atoms with Crippen molar-refractivity contribution in [1.82, 2.24) is 5.16 Å². The summed E-state index contributed by atoms with van der Waals surface area (Å²) in [7, 11) is 0. The molecule has 1 aliphatic rings. The zero-order chi connectivity index (χ0) is 18.5. The lowest BCUT2D eigenvalue weighted by atomic mass is 9.96. The van der Waals surface area contributed by atoms with Gasteiger partial charge < -0.3 is 14.0 Å². The minimum absolute atomic E-state index is 0.0349. The van der Waals surface area contributed by atoms with Crippen LogP contribution < -0.4 is 4.74 Å². The first-order valence-corrected chi connectivity index (χ1v) is 8.88. The molecule has 0 bridgehead atoms. The van der Waals surface area contributed by atoms with Crippen molar-refractivity contribution < 1.29 is 23.6 Å². The molecule has 3 rings (SSSR count). The second-order valence-electron chi connectivity index (χ2n) is 6.60. The van der Waals surface area contributed by atoms with Crippen LogP contribution in [0.5, 0.6) is 5.75 Å². The van der Waals surface area contributed by atoms with Crippen molar-refractivity contribution in [2.45, 2.75) is 58.7 Å². The van der Waals surface area contributed by atoms with E-state index in [0.29, 0.717) is 25.2 Å². The number of hydrogen-bond donors (Lipinski definition) is 0. The van der Waals surface area contributed by atoms with Gasteiger partial charge in [0.1, 0.15) is 18.1 Å². The number of nitrogens with zero attached hydrogens (tertiary/aromatic N) is 1. The van der Waals surface area contributed by atoms with Crippen LogP contribution in [-0.2, 0) is 27.4 Å². The highest BCUT2D eigenvalue weighted by atomic mass is 16.5. The van der Waals surface area contributed by atoms with Crippen LogP contribution in [0, 0.1) is 13.8 Å². The van der Waals surface area contributed by atoms with E-state index in [-0.39, 0.29) is 18.2 Å². The molecule has 0 radical (unpaired) electrons. The average molecular weight is 357 g/mol. The van der Waals surface area contributed by atoms with Gasteiger partial charge in [-0.15, -0.1) is 0 Å². The highest BCUT2D eigenvalue weighted by molar-refractivity contribution is 5.86. The van der Waals surface area contributed by atoms with E-state index in [1.54, 1.807) is 0 Å². The van der Waals surface area contributed by atoms with Gasteiger partial charge in [0.05, 0.1) is 17.7 Å². The molecule has 1 aromatic heterocycles. The molecule has 1 aliphatic carbocycles. The summed E-state index contributed by atoms with van der Waals surface area (Å²) in [6.45, 7) is 4.11. The molecule has 0 aliphatic heterocycles. The average Bonchev–Trinajstić information content (AvgIpc) is 2.94. The van der Waals surface area contributed by atoms with Crippen LogP contribution in [0.4, 0.5) is 0 Å². The standard InChI is InChI=1S/C20H23NO5/c1-13-17(14(2)26-21-13)12-24-16-9-7-15(8-10-16)11-20(23)25-19-6-4-3-5-18(19)22/h7-10,19H,3-6,11-12H2,1-2H3/t19-/m0/s1. The van der Waals surface area contributed by atoms with Crippen LogP contribution in [0.25, 0.3) is 0 Å². The van der Waals surface area contributed by atoms with Crippen LogP contribution >= 0.6 is 0 Å².